The van der Waals surface area contributed by atoms with Crippen LogP contribution in [-0.2, 0) is 13.2 Å². The van der Waals surface area contributed by atoms with Crippen LogP contribution in [0.15, 0.2) is 30.5 Å². The van der Waals surface area contributed by atoms with Crippen molar-refractivity contribution >= 4 is 0 Å². The van der Waals surface area contributed by atoms with E-state index in [4.69, 9.17) is 4.74 Å². The summed E-state index contributed by atoms with van der Waals surface area (Å²) in [6.07, 6.45) is 1.80. The lowest BCUT2D eigenvalue weighted by Gasteiger charge is -2.13. The van der Waals surface area contributed by atoms with E-state index in [0.29, 0.717) is 6.61 Å². The van der Waals surface area contributed by atoms with E-state index < -0.39 is 0 Å². The Morgan fingerprint density at radius 1 is 1.10 bits per heavy atom. The highest BCUT2D eigenvalue weighted by atomic mass is 16.5. The number of rotatable bonds is 6. The van der Waals surface area contributed by atoms with Crippen molar-refractivity contribution in [2.75, 3.05) is 6.54 Å². The highest BCUT2D eigenvalue weighted by molar-refractivity contribution is 5.37. The largest absolute Gasteiger partial charge is 0.487 e. The van der Waals surface area contributed by atoms with Gasteiger partial charge in [-0.15, -0.1) is 0 Å². The van der Waals surface area contributed by atoms with Crippen LogP contribution in [0.2, 0.25) is 0 Å². The van der Waals surface area contributed by atoms with E-state index >= 15 is 0 Å². The lowest BCUT2D eigenvalue weighted by molar-refractivity contribution is 0.303. The second kappa shape index (κ2) is 7.23. The van der Waals surface area contributed by atoms with Gasteiger partial charge in [-0.05, 0) is 56.1 Å². The summed E-state index contributed by atoms with van der Waals surface area (Å²) < 4.78 is 5.87. The molecule has 2 aromatic rings. The Bertz CT molecular complexity index is 568. The average molecular weight is 284 g/mol. The molecular weight excluding hydrogens is 260 g/mol. The summed E-state index contributed by atoms with van der Waals surface area (Å²) in [5.41, 5.74) is 6.15. The first-order valence-electron chi connectivity index (χ1n) is 7.45. The van der Waals surface area contributed by atoms with E-state index in [0.717, 1.165) is 24.5 Å². The fraction of sp³-hybridized carbons (Fsp3) is 0.389. The molecule has 0 unspecified atom stereocenters. The molecule has 0 radical (unpaired) electrons. The fourth-order valence-electron chi connectivity index (χ4n) is 2.45. The Hall–Kier alpha value is -1.87. The van der Waals surface area contributed by atoms with Crippen molar-refractivity contribution in [3.63, 3.8) is 0 Å². The maximum atomic E-state index is 5.87. The van der Waals surface area contributed by atoms with E-state index in [-0.39, 0.29) is 0 Å². The van der Waals surface area contributed by atoms with Gasteiger partial charge in [0.25, 0.3) is 0 Å². The SMILES string of the molecule is CCNCc1ccc(OCc2c(C)cc(C)cc2C)cn1. The molecule has 3 nitrogen and oxygen atoms in total. The van der Waals surface area contributed by atoms with Crippen molar-refractivity contribution in [3.8, 4) is 5.75 Å². The molecule has 0 amide bonds. The Morgan fingerprint density at radius 3 is 2.38 bits per heavy atom. The molecule has 0 fully saturated rings. The highest BCUT2D eigenvalue weighted by Gasteiger charge is 2.05. The van der Waals surface area contributed by atoms with Gasteiger partial charge < -0.3 is 10.1 Å². The Balaban J connectivity index is 2.00. The number of nitrogens with zero attached hydrogens (tertiary/aromatic N) is 1. The van der Waals surface area contributed by atoms with Crippen molar-refractivity contribution in [2.45, 2.75) is 40.8 Å². The first kappa shape index (κ1) is 15.5. The predicted octanol–water partition coefficient (Wildman–Crippen LogP) is 3.70. The molecule has 0 bridgehead atoms. The lowest BCUT2D eigenvalue weighted by atomic mass is 10.0. The maximum absolute atomic E-state index is 5.87. The van der Waals surface area contributed by atoms with E-state index in [1.54, 1.807) is 6.20 Å². The molecule has 3 heteroatoms. The summed E-state index contributed by atoms with van der Waals surface area (Å²) in [5.74, 6) is 0.814. The van der Waals surface area contributed by atoms with E-state index in [2.05, 4.69) is 50.1 Å². The summed E-state index contributed by atoms with van der Waals surface area (Å²) >= 11 is 0. The van der Waals surface area contributed by atoms with Gasteiger partial charge in [0.1, 0.15) is 12.4 Å². The summed E-state index contributed by atoms with van der Waals surface area (Å²) in [7, 11) is 0. The predicted molar refractivity (Wildman–Crippen MR) is 86.6 cm³/mol. The monoisotopic (exact) mass is 284 g/mol. The van der Waals surface area contributed by atoms with Crippen LogP contribution in [0.25, 0.3) is 0 Å². The van der Waals surface area contributed by atoms with Crippen LogP contribution >= 0.6 is 0 Å². The molecule has 0 aliphatic carbocycles. The molecule has 0 aliphatic rings. The zero-order chi connectivity index (χ0) is 15.2. The molecule has 21 heavy (non-hydrogen) atoms. The zero-order valence-electron chi connectivity index (χ0n) is 13.4. The molecule has 1 N–H and O–H groups in total. The smallest absolute Gasteiger partial charge is 0.138 e. The molecular formula is C18H24N2O. The number of pyridine rings is 1. The minimum absolute atomic E-state index is 0.589. The van der Waals surface area contributed by atoms with Crippen LogP contribution in [0.4, 0.5) is 0 Å². The van der Waals surface area contributed by atoms with Gasteiger partial charge in [-0.3, -0.25) is 4.98 Å². The number of aromatic nitrogens is 1. The van der Waals surface area contributed by atoms with Gasteiger partial charge in [-0.25, -0.2) is 0 Å². The van der Waals surface area contributed by atoms with Gasteiger partial charge in [0.2, 0.25) is 0 Å². The summed E-state index contributed by atoms with van der Waals surface area (Å²) in [6.45, 7) is 10.8. The van der Waals surface area contributed by atoms with Crippen LogP contribution in [-0.4, -0.2) is 11.5 Å². The topological polar surface area (TPSA) is 34.1 Å². The van der Waals surface area contributed by atoms with Crippen LogP contribution < -0.4 is 10.1 Å². The third-order valence-electron chi connectivity index (χ3n) is 3.58. The number of benzene rings is 1. The number of ether oxygens (including phenoxy) is 1. The van der Waals surface area contributed by atoms with Crippen LogP contribution in [0.5, 0.6) is 5.75 Å². The van der Waals surface area contributed by atoms with Gasteiger partial charge >= 0.3 is 0 Å². The molecule has 0 saturated carbocycles. The molecule has 0 aliphatic heterocycles. The second-order valence-corrected chi connectivity index (χ2v) is 5.43. The fourth-order valence-corrected chi connectivity index (χ4v) is 2.45. The first-order chi connectivity index (χ1) is 10.1. The Kier molecular flexibility index (Phi) is 5.34. The summed E-state index contributed by atoms with van der Waals surface area (Å²) in [4.78, 5) is 4.40. The van der Waals surface area contributed by atoms with Crippen molar-refractivity contribution in [3.05, 3.63) is 58.4 Å². The standard InChI is InChI=1S/C18H24N2O/c1-5-19-10-16-6-7-17(11-20-16)21-12-18-14(3)8-13(2)9-15(18)4/h6-9,11,19H,5,10,12H2,1-4H3. The molecule has 0 atom stereocenters. The maximum Gasteiger partial charge on any atom is 0.138 e. The molecule has 1 aromatic heterocycles. The van der Waals surface area contributed by atoms with Crippen molar-refractivity contribution in [1.29, 1.82) is 0 Å². The van der Waals surface area contributed by atoms with Crippen LogP contribution in [0.1, 0.15) is 34.9 Å². The highest BCUT2D eigenvalue weighted by Crippen LogP contribution is 2.19. The summed E-state index contributed by atoms with van der Waals surface area (Å²) in [6, 6.07) is 8.39. The van der Waals surface area contributed by atoms with Crippen molar-refractivity contribution < 1.29 is 4.74 Å². The number of hydrogen-bond acceptors (Lipinski definition) is 3. The molecule has 2 rings (SSSR count). The van der Waals surface area contributed by atoms with E-state index in [9.17, 15) is 0 Å². The molecule has 0 saturated heterocycles. The normalized spacial score (nSPS) is 10.7. The van der Waals surface area contributed by atoms with Gasteiger partial charge in [-0.1, -0.05) is 24.6 Å². The Labute approximate surface area is 127 Å². The van der Waals surface area contributed by atoms with Gasteiger partial charge in [-0.2, -0.15) is 0 Å². The number of nitrogens with one attached hydrogen (secondary N) is 1. The van der Waals surface area contributed by atoms with Gasteiger partial charge in [0, 0.05) is 6.54 Å². The van der Waals surface area contributed by atoms with E-state index in [1.807, 2.05) is 12.1 Å². The number of hydrogen-bond donors (Lipinski definition) is 1. The van der Waals surface area contributed by atoms with Gasteiger partial charge in [0.05, 0.1) is 11.9 Å². The zero-order valence-corrected chi connectivity index (χ0v) is 13.4. The quantitative estimate of drug-likeness (QED) is 0.878. The molecule has 0 spiro atoms. The summed E-state index contributed by atoms with van der Waals surface area (Å²) in [5, 5.41) is 3.26. The molecule has 1 aromatic carbocycles. The molecule has 112 valence electrons. The second-order valence-electron chi connectivity index (χ2n) is 5.43. The minimum atomic E-state index is 0.589. The number of aryl methyl sites for hydroxylation is 3. The van der Waals surface area contributed by atoms with Gasteiger partial charge in [0.15, 0.2) is 0 Å². The third kappa shape index (κ3) is 4.30. The third-order valence-corrected chi connectivity index (χ3v) is 3.58. The van der Waals surface area contributed by atoms with Crippen molar-refractivity contribution in [2.24, 2.45) is 0 Å². The van der Waals surface area contributed by atoms with Crippen molar-refractivity contribution in [1.82, 2.24) is 10.3 Å². The molecule has 1 heterocycles. The first-order valence-corrected chi connectivity index (χ1v) is 7.45. The van der Waals surface area contributed by atoms with Crippen LogP contribution in [0, 0.1) is 20.8 Å². The minimum Gasteiger partial charge on any atom is -0.487 e. The average Bonchev–Trinajstić information content (AvgIpc) is 2.45. The van der Waals surface area contributed by atoms with Crippen LogP contribution in [0.3, 0.4) is 0 Å². The lowest BCUT2D eigenvalue weighted by Crippen LogP contribution is -2.12. The Morgan fingerprint density at radius 2 is 1.81 bits per heavy atom. The van der Waals surface area contributed by atoms with E-state index in [1.165, 1.54) is 22.3 Å².